The van der Waals surface area contributed by atoms with E-state index in [0.717, 1.165) is 18.4 Å². The van der Waals surface area contributed by atoms with Gasteiger partial charge in [0.15, 0.2) is 0 Å². The first kappa shape index (κ1) is 20.8. The molecule has 29 heavy (non-hydrogen) atoms. The molecule has 1 aliphatic rings. The zero-order valence-corrected chi connectivity index (χ0v) is 15.7. The predicted octanol–water partition coefficient (Wildman–Crippen LogP) is 0.854. The SMILES string of the molecule is NC1(c2cccc(C(=O)NC[C@@H](Cc3cccc(C(=O)O)c3O)B(O)O)c2)CC1. The van der Waals surface area contributed by atoms with E-state index in [4.69, 9.17) is 10.8 Å². The summed E-state index contributed by atoms with van der Waals surface area (Å²) in [5, 5.41) is 41.2. The lowest BCUT2D eigenvalue weighted by Gasteiger charge is -2.18. The van der Waals surface area contributed by atoms with Crippen molar-refractivity contribution in [3.8, 4) is 5.75 Å². The zero-order valence-electron chi connectivity index (χ0n) is 15.7. The van der Waals surface area contributed by atoms with Gasteiger partial charge in [-0.2, -0.15) is 0 Å². The molecule has 1 aliphatic carbocycles. The van der Waals surface area contributed by atoms with Crippen molar-refractivity contribution < 1.29 is 29.9 Å². The molecule has 9 heteroatoms. The van der Waals surface area contributed by atoms with Gasteiger partial charge < -0.3 is 31.3 Å². The third-order valence-corrected chi connectivity index (χ3v) is 5.27. The molecule has 1 atom stereocenters. The molecule has 0 heterocycles. The Hall–Kier alpha value is -2.88. The molecule has 0 bridgehead atoms. The molecule has 0 aliphatic heterocycles. The maximum Gasteiger partial charge on any atom is 0.456 e. The Bertz CT molecular complexity index is 929. The highest BCUT2D eigenvalue weighted by Crippen LogP contribution is 2.42. The lowest BCUT2D eigenvalue weighted by molar-refractivity contribution is 0.0693. The molecule has 2 aromatic carbocycles. The minimum absolute atomic E-state index is 0.0309. The van der Waals surface area contributed by atoms with Gasteiger partial charge in [0.05, 0.1) is 0 Å². The number of phenols is 1. The predicted molar refractivity (Wildman–Crippen MR) is 107 cm³/mol. The summed E-state index contributed by atoms with van der Waals surface area (Å²) in [7, 11) is -1.77. The molecule has 3 rings (SSSR count). The zero-order chi connectivity index (χ0) is 21.2. The van der Waals surface area contributed by atoms with Crippen molar-refractivity contribution in [3.63, 3.8) is 0 Å². The Morgan fingerprint density at radius 1 is 1.17 bits per heavy atom. The topological polar surface area (TPSA) is 153 Å². The fourth-order valence-electron chi connectivity index (χ4n) is 3.21. The van der Waals surface area contributed by atoms with Gasteiger partial charge in [0, 0.05) is 23.5 Å². The summed E-state index contributed by atoms with van der Waals surface area (Å²) < 4.78 is 0. The average Bonchev–Trinajstić information content (AvgIpc) is 3.44. The van der Waals surface area contributed by atoms with Gasteiger partial charge >= 0.3 is 13.1 Å². The smallest absolute Gasteiger partial charge is 0.456 e. The van der Waals surface area contributed by atoms with Crippen molar-refractivity contribution >= 4 is 19.0 Å². The van der Waals surface area contributed by atoms with Crippen molar-refractivity contribution in [3.05, 3.63) is 64.7 Å². The number of carboxylic acids is 1. The van der Waals surface area contributed by atoms with E-state index in [1.807, 2.05) is 6.07 Å². The van der Waals surface area contributed by atoms with Crippen LogP contribution in [0.4, 0.5) is 0 Å². The number of para-hydroxylation sites is 1. The number of aromatic hydroxyl groups is 1. The molecule has 0 unspecified atom stereocenters. The fourth-order valence-corrected chi connectivity index (χ4v) is 3.21. The average molecular weight is 398 g/mol. The first-order valence-electron chi connectivity index (χ1n) is 9.29. The van der Waals surface area contributed by atoms with E-state index >= 15 is 0 Å². The van der Waals surface area contributed by atoms with Crippen molar-refractivity contribution in [2.75, 3.05) is 6.54 Å². The van der Waals surface area contributed by atoms with Gasteiger partial charge in [-0.05, 0) is 48.6 Å². The summed E-state index contributed by atoms with van der Waals surface area (Å²) in [5.74, 6) is -2.94. The number of nitrogens with one attached hydrogen (secondary N) is 1. The van der Waals surface area contributed by atoms with Crippen molar-refractivity contribution in [2.24, 2.45) is 5.73 Å². The van der Waals surface area contributed by atoms with E-state index in [-0.39, 0.29) is 35.5 Å². The van der Waals surface area contributed by atoms with Crippen LogP contribution in [0.5, 0.6) is 5.75 Å². The molecule has 0 saturated heterocycles. The second-order valence-electron chi connectivity index (χ2n) is 7.44. The number of hydrogen-bond acceptors (Lipinski definition) is 6. The molecular weight excluding hydrogens is 375 g/mol. The lowest BCUT2D eigenvalue weighted by Crippen LogP contribution is -2.35. The Labute approximate surface area is 168 Å². The van der Waals surface area contributed by atoms with Gasteiger partial charge in [-0.15, -0.1) is 0 Å². The largest absolute Gasteiger partial charge is 0.507 e. The number of nitrogens with two attached hydrogens (primary N) is 1. The van der Waals surface area contributed by atoms with Gasteiger partial charge in [0.1, 0.15) is 11.3 Å². The number of carbonyl (C=O) groups is 2. The van der Waals surface area contributed by atoms with Crippen LogP contribution in [0.1, 0.15) is 44.7 Å². The molecule has 2 aromatic rings. The van der Waals surface area contributed by atoms with Crippen LogP contribution in [0.15, 0.2) is 42.5 Å². The van der Waals surface area contributed by atoms with Crippen molar-refractivity contribution in [1.82, 2.24) is 5.32 Å². The van der Waals surface area contributed by atoms with Crippen molar-refractivity contribution in [2.45, 2.75) is 30.6 Å². The molecular formula is C20H23BN2O6. The van der Waals surface area contributed by atoms with Crippen LogP contribution in [0.3, 0.4) is 0 Å². The second-order valence-corrected chi connectivity index (χ2v) is 7.44. The van der Waals surface area contributed by atoms with Gasteiger partial charge in [-0.3, -0.25) is 4.79 Å². The van der Waals surface area contributed by atoms with E-state index in [9.17, 15) is 24.7 Å². The number of rotatable bonds is 8. The van der Waals surface area contributed by atoms with Crippen LogP contribution in [-0.2, 0) is 12.0 Å². The maximum absolute atomic E-state index is 12.5. The lowest BCUT2D eigenvalue weighted by atomic mass is 9.69. The van der Waals surface area contributed by atoms with Gasteiger partial charge in [-0.25, -0.2) is 4.79 Å². The number of amides is 1. The molecule has 1 saturated carbocycles. The number of carboxylic acid groups (broad SMARTS) is 1. The quantitative estimate of drug-likeness (QED) is 0.361. The first-order chi connectivity index (χ1) is 13.7. The van der Waals surface area contributed by atoms with E-state index in [2.05, 4.69) is 5.32 Å². The Balaban J connectivity index is 1.68. The molecule has 8 nitrogen and oxygen atoms in total. The van der Waals surface area contributed by atoms with E-state index in [1.54, 1.807) is 18.2 Å². The molecule has 0 spiro atoms. The third kappa shape index (κ3) is 4.76. The minimum Gasteiger partial charge on any atom is -0.507 e. The summed E-state index contributed by atoms with van der Waals surface area (Å²) >= 11 is 0. The number of aromatic carboxylic acids is 1. The van der Waals surface area contributed by atoms with Crippen LogP contribution in [0.25, 0.3) is 0 Å². The Kier molecular flexibility index (Phi) is 5.92. The van der Waals surface area contributed by atoms with Crippen LogP contribution < -0.4 is 11.1 Å². The molecule has 152 valence electrons. The highest BCUT2D eigenvalue weighted by molar-refractivity contribution is 6.43. The summed E-state index contributed by atoms with van der Waals surface area (Å²) in [6, 6.07) is 11.2. The summed E-state index contributed by atoms with van der Waals surface area (Å²) in [6.07, 6.45) is 1.71. The highest BCUT2D eigenvalue weighted by Gasteiger charge is 2.40. The van der Waals surface area contributed by atoms with E-state index in [0.29, 0.717) is 5.56 Å². The monoisotopic (exact) mass is 398 g/mol. The number of hydrogen-bond donors (Lipinski definition) is 6. The molecule has 0 radical (unpaired) electrons. The van der Waals surface area contributed by atoms with Crippen LogP contribution in [0.2, 0.25) is 5.82 Å². The normalized spacial score (nSPS) is 15.4. The molecule has 7 N–H and O–H groups in total. The molecule has 1 fully saturated rings. The van der Waals surface area contributed by atoms with Gasteiger partial charge in [-0.1, -0.05) is 24.3 Å². The molecule has 0 aromatic heterocycles. The van der Waals surface area contributed by atoms with Crippen molar-refractivity contribution in [1.29, 1.82) is 0 Å². The fraction of sp³-hybridized carbons (Fsp3) is 0.300. The van der Waals surface area contributed by atoms with Gasteiger partial charge in [0.2, 0.25) is 0 Å². The Morgan fingerprint density at radius 2 is 1.86 bits per heavy atom. The summed E-state index contributed by atoms with van der Waals surface area (Å²) in [6.45, 7) is -0.0781. The second kappa shape index (κ2) is 8.24. The van der Waals surface area contributed by atoms with E-state index < -0.39 is 24.7 Å². The summed E-state index contributed by atoms with van der Waals surface area (Å²) in [4.78, 5) is 23.6. The summed E-state index contributed by atoms with van der Waals surface area (Å²) in [5.41, 5.74) is 7.08. The highest BCUT2D eigenvalue weighted by atomic mass is 16.4. The van der Waals surface area contributed by atoms with Gasteiger partial charge in [0.25, 0.3) is 5.91 Å². The Morgan fingerprint density at radius 3 is 2.48 bits per heavy atom. The number of carbonyl (C=O) groups excluding carboxylic acids is 1. The third-order valence-electron chi connectivity index (χ3n) is 5.27. The minimum atomic E-state index is -1.77. The number of benzene rings is 2. The maximum atomic E-state index is 12.5. The standard InChI is InChI=1S/C20H23BN2O6/c22-20(7-8-20)14-5-1-4-13(9-14)18(25)23-11-15(21(28)29)10-12-3-2-6-16(17(12)24)19(26)27/h1-6,9,15,24,28-29H,7-8,10-11,22H2,(H,23,25)(H,26,27)/t15-/m1/s1. The van der Waals surface area contributed by atoms with Crippen LogP contribution >= 0.6 is 0 Å². The van der Waals surface area contributed by atoms with Crippen LogP contribution in [-0.4, -0.2) is 45.8 Å². The van der Waals surface area contributed by atoms with Crippen LogP contribution in [0, 0.1) is 0 Å². The van der Waals surface area contributed by atoms with E-state index in [1.165, 1.54) is 18.2 Å². The first-order valence-corrected chi connectivity index (χ1v) is 9.29. The molecule has 1 amide bonds.